The van der Waals surface area contributed by atoms with Gasteiger partial charge in [0.15, 0.2) is 0 Å². The highest BCUT2D eigenvalue weighted by Crippen LogP contribution is 2.31. The van der Waals surface area contributed by atoms with Crippen molar-refractivity contribution >= 4 is 6.09 Å². The van der Waals surface area contributed by atoms with Crippen LogP contribution in [0.5, 0.6) is 5.88 Å². The van der Waals surface area contributed by atoms with Gasteiger partial charge in [0, 0.05) is 38.9 Å². The maximum Gasteiger partial charge on any atom is 0.416 e. The summed E-state index contributed by atoms with van der Waals surface area (Å²) in [6.07, 6.45) is 5.93. The summed E-state index contributed by atoms with van der Waals surface area (Å²) >= 11 is 0. The number of nitrogens with zero attached hydrogens (tertiary/aromatic N) is 3. The molecule has 1 N–H and O–H groups in total. The zero-order chi connectivity index (χ0) is 19.3. The zero-order valence-corrected chi connectivity index (χ0v) is 16.8. The standard InChI is InChI=1S/C21H32N4O3/c1-27-15-17-4-2-7-20(23-17)28-21(26)25-13-12-24(18-5-3-6-18)14-19(25)16-8-10-22-11-9-16/h2,4,7,16,18-19,22H,3,5-6,8-15H2,1H3. The second kappa shape index (κ2) is 9.20. The van der Waals surface area contributed by atoms with Crippen LogP contribution in [0, 0.1) is 5.92 Å². The van der Waals surface area contributed by atoms with E-state index in [1.165, 1.54) is 19.3 Å². The molecule has 0 aromatic carbocycles. The maximum atomic E-state index is 13.0. The third kappa shape index (κ3) is 4.47. The van der Waals surface area contributed by atoms with Crippen LogP contribution in [0.2, 0.25) is 0 Å². The van der Waals surface area contributed by atoms with Crippen LogP contribution in [-0.4, -0.2) is 72.8 Å². The Bertz CT molecular complexity index is 661. The third-order valence-corrected chi connectivity index (χ3v) is 6.47. The topological polar surface area (TPSA) is 66.9 Å². The van der Waals surface area contributed by atoms with E-state index in [2.05, 4.69) is 15.2 Å². The zero-order valence-electron chi connectivity index (χ0n) is 16.8. The van der Waals surface area contributed by atoms with E-state index in [0.717, 1.165) is 57.3 Å². The van der Waals surface area contributed by atoms with Gasteiger partial charge in [0.1, 0.15) is 0 Å². The number of hydrogen-bond donors (Lipinski definition) is 1. The molecule has 1 saturated carbocycles. The Morgan fingerprint density at radius 1 is 1.21 bits per heavy atom. The summed E-state index contributed by atoms with van der Waals surface area (Å²) in [7, 11) is 1.63. The lowest BCUT2D eigenvalue weighted by atomic mass is 9.85. The van der Waals surface area contributed by atoms with Crippen molar-refractivity contribution in [2.75, 3.05) is 39.8 Å². The molecule has 1 aromatic rings. The monoisotopic (exact) mass is 388 g/mol. The van der Waals surface area contributed by atoms with E-state index < -0.39 is 0 Å². The van der Waals surface area contributed by atoms with E-state index in [-0.39, 0.29) is 12.1 Å². The summed E-state index contributed by atoms with van der Waals surface area (Å²) in [5.74, 6) is 0.884. The number of piperidine rings is 1. The van der Waals surface area contributed by atoms with E-state index in [1.807, 2.05) is 17.0 Å². The molecule has 2 saturated heterocycles. The molecule has 3 fully saturated rings. The highest BCUT2D eigenvalue weighted by molar-refractivity contribution is 5.71. The first-order valence-corrected chi connectivity index (χ1v) is 10.6. The van der Waals surface area contributed by atoms with Crippen molar-refractivity contribution in [3.63, 3.8) is 0 Å². The number of ether oxygens (including phenoxy) is 2. The van der Waals surface area contributed by atoms with Crippen LogP contribution in [-0.2, 0) is 11.3 Å². The molecular weight excluding hydrogens is 356 g/mol. The predicted molar refractivity (Wildman–Crippen MR) is 106 cm³/mol. The van der Waals surface area contributed by atoms with E-state index >= 15 is 0 Å². The van der Waals surface area contributed by atoms with E-state index in [4.69, 9.17) is 9.47 Å². The fourth-order valence-corrected chi connectivity index (χ4v) is 4.67. The number of methoxy groups -OCH3 is 1. The highest BCUT2D eigenvalue weighted by atomic mass is 16.6. The molecule has 4 rings (SSSR count). The molecule has 0 spiro atoms. The van der Waals surface area contributed by atoms with Gasteiger partial charge in [-0.1, -0.05) is 12.5 Å². The van der Waals surface area contributed by atoms with Gasteiger partial charge < -0.3 is 19.7 Å². The van der Waals surface area contributed by atoms with Gasteiger partial charge in [0.2, 0.25) is 5.88 Å². The predicted octanol–water partition coefficient (Wildman–Crippen LogP) is 2.27. The second-order valence-corrected chi connectivity index (χ2v) is 8.20. The van der Waals surface area contributed by atoms with Gasteiger partial charge in [-0.15, -0.1) is 0 Å². The minimum absolute atomic E-state index is 0.228. The van der Waals surface area contributed by atoms with Crippen LogP contribution < -0.4 is 10.1 Å². The fraction of sp³-hybridized carbons (Fsp3) is 0.714. The molecule has 1 atom stereocenters. The summed E-state index contributed by atoms with van der Waals surface area (Å²) in [6, 6.07) is 6.40. The fourth-order valence-electron chi connectivity index (χ4n) is 4.67. The summed E-state index contributed by atoms with van der Waals surface area (Å²) in [6.45, 7) is 5.13. The lowest BCUT2D eigenvalue weighted by Gasteiger charge is -2.49. The quantitative estimate of drug-likeness (QED) is 0.835. The van der Waals surface area contributed by atoms with Crippen LogP contribution in [0.1, 0.15) is 37.8 Å². The first-order chi connectivity index (χ1) is 13.7. The molecule has 1 unspecified atom stereocenters. The average molecular weight is 389 g/mol. The van der Waals surface area contributed by atoms with Crippen molar-refractivity contribution in [1.29, 1.82) is 0 Å². The van der Waals surface area contributed by atoms with Crippen LogP contribution >= 0.6 is 0 Å². The molecule has 0 bridgehead atoms. The number of carbonyl (C=O) groups excluding carboxylic acids is 1. The van der Waals surface area contributed by atoms with E-state index in [1.54, 1.807) is 13.2 Å². The molecule has 0 radical (unpaired) electrons. The Labute approximate surface area is 167 Å². The minimum Gasteiger partial charge on any atom is -0.391 e. The summed E-state index contributed by atoms with van der Waals surface area (Å²) < 4.78 is 10.8. The van der Waals surface area contributed by atoms with Crippen molar-refractivity contribution in [3.05, 3.63) is 23.9 Å². The van der Waals surface area contributed by atoms with Gasteiger partial charge in [-0.3, -0.25) is 4.90 Å². The van der Waals surface area contributed by atoms with Crippen molar-refractivity contribution in [1.82, 2.24) is 20.1 Å². The van der Waals surface area contributed by atoms with Gasteiger partial charge in [-0.05, 0) is 50.8 Å². The highest BCUT2D eigenvalue weighted by Gasteiger charge is 2.40. The summed E-state index contributed by atoms with van der Waals surface area (Å²) in [4.78, 5) is 22.0. The molecule has 7 nitrogen and oxygen atoms in total. The normalized spacial score (nSPS) is 24.8. The number of carbonyl (C=O) groups is 1. The van der Waals surface area contributed by atoms with Gasteiger partial charge in [0.05, 0.1) is 18.3 Å². The molecule has 3 heterocycles. The van der Waals surface area contributed by atoms with Crippen LogP contribution in [0.4, 0.5) is 4.79 Å². The molecule has 1 aliphatic carbocycles. The number of nitrogens with one attached hydrogen (secondary N) is 1. The van der Waals surface area contributed by atoms with Crippen molar-refractivity contribution in [2.24, 2.45) is 5.92 Å². The van der Waals surface area contributed by atoms with Crippen molar-refractivity contribution in [3.8, 4) is 5.88 Å². The minimum atomic E-state index is -0.265. The molecule has 3 aliphatic rings. The Morgan fingerprint density at radius 3 is 2.75 bits per heavy atom. The number of rotatable bonds is 5. The summed E-state index contributed by atoms with van der Waals surface area (Å²) in [5, 5.41) is 3.44. The van der Waals surface area contributed by atoms with Gasteiger partial charge in [0.25, 0.3) is 0 Å². The smallest absolute Gasteiger partial charge is 0.391 e. The SMILES string of the molecule is COCc1cccc(OC(=O)N2CCN(C3CCC3)CC2C2CCNCC2)n1. The average Bonchev–Trinajstić information content (AvgIpc) is 2.68. The van der Waals surface area contributed by atoms with Gasteiger partial charge >= 0.3 is 6.09 Å². The number of hydrogen-bond acceptors (Lipinski definition) is 6. The first kappa shape index (κ1) is 19.6. The van der Waals surface area contributed by atoms with Crippen LogP contribution in [0.15, 0.2) is 18.2 Å². The molecule has 28 heavy (non-hydrogen) atoms. The lowest BCUT2D eigenvalue weighted by Crippen LogP contribution is -2.62. The Balaban J connectivity index is 1.45. The number of pyridine rings is 1. The molecular formula is C21H32N4O3. The van der Waals surface area contributed by atoms with E-state index in [0.29, 0.717) is 18.4 Å². The Hall–Kier alpha value is -1.70. The van der Waals surface area contributed by atoms with Crippen molar-refractivity contribution < 1.29 is 14.3 Å². The molecule has 1 amide bonds. The second-order valence-electron chi connectivity index (χ2n) is 8.20. The largest absolute Gasteiger partial charge is 0.416 e. The van der Waals surface area contributed by atoms with E-state index in [9.17, 15) is 4.79 Å². The van der Waals surface area contributed by atoms with Crippen LogP contribution in [0.25, 0.3) is 0 Å². The molecule has 154 valence electrons. The van der Waals surface area contributed by atoms with Crippen LogP contribution in [0.3, 0.4) is 0 Å². The van der Waals surface area contributed by atoms with Gasteiger partial charge in [-0.2, -0.15) is 0 Å². The molecule has 7 heteroatoms. The molecule has 1 aromatic heterocycles. The Morgan fingerprint density at radius 2 is 2.04 bits per heavy atom. The third-order valence-electron chi connectivity index (χ3n) is 6.47. The number of amides is 1. The first-order valence-electron chi connectivity index (χ1n) is 10.6. The maximum absolute atomic E-state index is 13.0. The number of piperazine rings is 1. The lowest BCUT2D eigenvalue weighted by molar-refractivity contribution is 0.00444. The summed E-state index contributed by atoms with van der Waals surface area (Å²) in [5.41, 5.74) is 0.762. The molecule has 2 aliphatic heterocycles. The Kier molecular flexibility index (Phi) is 6.44. The van der Waals surface area contributed by atoms with Crippen molar-refractivity contribution in [2.45, 2.75) is 50.8 Å². The number of aromatic nitrogens is 1. The van der Waals surface area contributed by atoms with Gasteiger partial charge in [-0.25, -0.2) is 9.78 Å².